The maximum absolute atomic E-state index is 5.64. The number of nitrogens with zero attached hydrogens (tertiary/aromatic N) is 1. The molecule has 0 amide bonds. The summed E-state index contributed by atoms with van der Waals surface area (Å²) in [6, 6.07) is 5.85. The number of rotatable bonds is 3. The maximum atomic E-state index is 5.64. The van der Waals surface area contributed by atoms with Crippen LogP contribution in [-0.4, -0.2) is 13.3 Å². The summed E-state index contributed by atoms with van der Waals surface area (Å²) in [5.74, 6) is 0.848. The van der Waals surface area contributed by atoms with Crippen LogP contribution >= 0.6 is 0 Å². The van der Waals surface area contributed by atoms with Crippen molar-refractivity contribution >= 4 is 11.9 Å². The minimum Gasteiger partial charge on any atom is -0.496 e. The van der Waals surface area contributed by atoms with Crippen LogP contribution in [-0.2, 0) is 0 Å². The third kappa shape index (κ3) is 3.12. The molecule has 0 unspecified atom stereocenters. The van der Waals surface area contributed by atoms with Crippen molar-refractivity contribution in [3.63, 3.8) is 0 Å². The maximum Gasteiger partial charge on any atom is 0.123 e. The van der Waals surface area contributed by atoms with Gasteiger partial charge in [0, 0.05) is 18.0 Å². The molecule has 0 saturated heterocycles. The monoisotopic (exact) mass is 218 g/mol. The molecule has 2 N–H and O–H groups in total. The van der Waals surface area contributed by atoms with Crippen LogP contribution in [0.25, 0.3) is 0 Å². The molecular formula is C13H18N2O. The van der Waals surface area contributed by atoms with Crippen molar-refractivity contribution in [2.45, 2.75) is 20.8 Å². The van der Waals surface area contributed by atoms with E-state index in [-0.39, 0.29) is 0 Å². The van der Waals surface area contributed by atoms with Gasteiger partial charge in [0.1, 0.15) is 5.75 Å². The Balaban J connectivity index is 2.95. The highest BCUT2D eigenvalue weighted by atomic mass is 16.5. The molecule has 0 atom stereocenters. The van der Waals surface area contributed by atoms with Gasteiger partial charge in [-0.3, -0.25) is 4.99 Å². The third-order valence-electron chi connectivity index (χ3n) is 2.42. The molecular weight excluding hydrogens is 200 g/mol. The SMILES string of the molecule is COc1cc(N=C/C(C)=C(/C)N)ccc1C. The highest BCUT2D eigenvalue weighted by Crippen LogP contribution is 2.23. The predicted octanol–water partition coefficient (Wildman–Crippen LogP) is 2.96. The molecule has 0 heterocycles. The van der Waals surface area contributed by atoms with E-state index in [1.807, 2.05) is 39.0 Å². The Labute approximate surface area is 96.6 Å². The number of hydrogen-bond acceptors (Lipinski definition) is 3. The summed E-state index contributed by atoms with van der Waals surface area (Å²) in [4.78, 5) is 4.33. The molecule has 0 bridgehead atoms. The Bertz CT molecular complexity index is 430. The second-order valence-corrected chi connectivity index (χ2v) is 3.78. The molecule has 0 aromatic heterocycles. The predicted molar refractivity (Wildman–Crippen MR) is 68.4 cm³/mol. The van der Waals surface area contributed by atoms with Crippen molar-refractivity contribution in [2.75, 3.05) is 7.11 Å². The zero-order chi connectivity index (χ0) is 12.1. The van der Waals surface area contributed by atoms with Crippen LogP contribution in [0.5, 0.6) is 5.75 Å². The van der Waals surface area contributed by atoms with E-state index in [9.17, 15) is 0 Å². The van der Waals surface area contributed by atoms with Gasteiger partial charge in [-0.25, -0.2) is 0 Å². The average molecular weight is 218 g/mol. The van der Waals surface area contributed by atoms with Crippen LogP contribution in [0.15, 0.2) is 34.5 Å². The molecule has 3 heteroatoms. The van der Waals surface area contributed by atoms with Crippen molar-refractivity contribution in [2.24, 2.45) is 10.7 Å². The number of aliphatic imine (C=N–C) groups is 1. The lowest BCUT2D eigenvalue weighted by Gasteiger charge is -2.04. The molecule has 1 rings (SSSR count). The fourth-order valence-electron chi connectivity index (χ4n) is 1.16. The van der Waals surface area contributed by atoms with Crippen molar-refractivity contribution in [1.29, 1.82) is 0 Å². The van der Waals surface area contributed by atoms with Gasteiger partial charge in [-0.15, -0.1) is 0 Å². The van der Waals surface area contributed by atoms with Crippen molar-refractivity contribution in [3.8, 4) is 5.75 Å². The Morgan fingerprint density at radius 2 is 2.06 bits per heavy atom. The van der Waals surface area contributed by atoms with Gasteiger partial charge in [0.25, 0.3) is 0 Å². The Kier molecular flexibility index (Phi) is 4.11. The number of methoxy groups -OCH3 is 1. The second kappa shape index (κ2) is 5.35. The van der Waals surface area contributed by atoms with Gasteiger partial charge in [0.05, 0.1) is 12.8 Å². The molecule has 3 nitrogen and oxygen atoms in total. The van der Waals surface area contributed by atoms with E-state index >= 15 is 0 Å². The van der Waals surface area contributed by atoms with Crippen molar-refractivity contribution in [1.82, 2.24) is 0 Å². The summed E-state index contributed by atoms with van der Waals surface area (Å²) in [6.07, 6.45) is 1.76. The van der Waals surface area contributed by atoms with Gasteiger partial charge in [-0.2, -0.15) is 0 Å². The molecule has 1 aromatic carbocycles. The number of nitrogens with two attached hydrogens (primary N) is 1. The highest BCUT2D eigenvalue weighted by Gasteiger charge is 1.98. The van der Waals surface area contributed by atoms with E-state index in [1.54, 1.807) is 13.3 Å². The topological polar surface area (TPSA) is 47.6 Å². The molecule has 0 aliphatic carbocycles. The van der Waals surface area contributed by atoms with Gasteiger partial charge in [-0.05, 0) is 38.0 Å². The van der Waals surface area contributed by atoms with E-state index in [4.69, 9.17) is 10.5 Å². The summed E-state index contributed by atoms with van der Waals surface area (Å²) >= 11 is 0. The molecule has 86 valence electrons. The fourth-order valence-corrected chi connectivity index (χ4v) is 1.16. The van der Waals surface area contributed by atoms with Crippen LogP contribution < -0.4 is 10.5 Å². The molecule has 0 radical (unpaired) electrons. The molecule has 1 aromatic rings. The minimum atomic E-state index is 0.780. The number of benzene rings is 1. The Morgan fingerprint density at radius 3 is 2.62 bits per heavy atom. The molecule has 16 heavy (non-hydrogen) atoms. The first-order chi connectivity index (χ1) is 7.54. The zero-order valence-corrected chi connectivity index (χ0v) is 10.2. The van der Waals surface area contributed by atoms with Gasteiger partial charge >= 0.3 is 0 Å². The molecule has 0 aliphatic heterocycles. The van der Waals surface area contributed by atoms with E-state index in [2.05, 4.69) is 4.99 Å². The van der Waals surface area contributed by atoms with Gasteiger partial charge < -0.3 is 10.5 Å². The van der Waals surface area contributed by atoms with Crippen LogP contribution in [0.3, 0.4) is 0 Å². The number of aryl methyl sites for hydroxylation is 1. The first kappa shape index (κ1) is 12.3. The first-order valence-corrected chi connectivity index (χ1v) is 5.16. The summed E-state index contributed by atoms with van der Waals surface area (Å²) < 4.78 is 5.23. The smallest absolute Gasteiger partial charge is 0.123 e. The van der Waals surface area contributed by atoms with E-state index in [1.165, 1.54) is 0 Å². The molecule has 0 aliphatic rings. The summed E-state index contributed by atoms with van der Waals surface area (Å²) in [5, 5.41) is 0. The first-order valence-electron chi connectivity index (χ1n) is 5.16. The van der Waals surface area contributed by atoms with E-state index < -0.39 is 0 Å². The Hall–Kier alpha value is -1.77. The second-order valence-electron chi connectivity index (χ2n) is 3.78. The van der Waals surface area contributed by atoms with Crippen molar-refractivity contribution < 1.29 is 4.74 Å². The number of allylic oxidation sites excluding steroid dienone is 2. The van der Waals surface area contributed by atoms with Gasteiger partial charge in [0.15, 0.2) is 0 Å². The zero-order valence-electron chi connectivity index (χ0n) is 10.2. The van der Waals surface area contributed by atoms with Crippen LogP contribution in [0, 0.1) is 6.92 Å². The lowest BCUT2D eigenvalue weighted by atomic mass is 10.2. The van der Waals surface area contributed by atoms with Crippen molar-refractivity contribution in [3.05, 3.63) is 35.0 Å². The lowest BCUT2D eigenvalue weighted by molar-refractivity contribution is 0.412. The quantitative estimate of drug-likeness (QED) is 0.793. The Morgan fingerprint density at radius 1 is 1.38 bits per heavy atom. The van der Waals surface area contributed by atoms with Gasteiger partial charge in [-0.1, -0.05) is 6.07 Å². The van der Waals surface area contributed by atoms with Gasteiger partial charge in [0.2, 0.25) is 0 Å². The number of ether oxygens (including phenoxy) is 1. The standard InChI is InChI=1S/C13H18N2O/c1-9-5-6-12(7-13(9)16-4)15-8-10(2)11(3)14/h5-8H,14H2,1-4H3/b11-10-,15-8?. The minimum absolute atomic E-state index is 0.780. The number of hydrogen-bond donors (Lipinski definition) is 1. The molecule has 0 fully saturated rings. The van der Waals surface area contributed by atoms with Crippen LogP contribution in [0.4, 0.5) is 5.69 Å². The average Bonchev–Trinajstić information content (AvgIpc) is 2.27. The largest absolute Gasteiger partial charge is 0.496 e. The van der Waals surface area contributed by atoms with Crippen LogP contribution in [0.1, 0.15) is 19.4 Å². The van der Waals surface area contributed by atoms with Crippen LogP contribution in [0.2, 0.25) is 0 Å². The fraction of sp³-hybridized carbons (Fsp3) is 0.308. The summed E-state index contributed by atoms with van der Waals surface area (Å²) in [5.41, 5.74) is 9.36. The normalized spacial score (nSPS) is 12.8. The molecule has 0 saturated carbocycles. The molecule has 0 spiro atoms. The highest BCUT2D eigenvalue weighted by molar-refractivity contribution is 5.81. The summed E-state index contributed by atoms with van der Waals surface area (Å²) in [7, 11) is 1.66. The third-order valence-corrected chi connectivity index (χ3v) is 2.42. The van der Waals surface area contributed by atoms with E-state index in [0.717, 1.165) is 28.3 Å². The van der Waals surface area contributed by atoms with E-state index in [0.29, 0.717) is 0 Å². The summed E-state index contributed by atoms with van der Waals surface area (Å²) in [6.45, 7) is 5.79. The lowest BCUT2D eigenvalue weighted by Crippen LogP contribution is -1.95.